The van der Waals surface area contributed by atoms with Gasteiger partial charge < -0.3 is 15.0 Å². The second-order valence-corrected chi connectivity index (χ2v) is 9.40. The molecule has 158 valence electrons. The number of carbonyl (C=O) groups is 1. The molecule has 0 saturated carbocycles. The number of benzene rings is 1. The third-order valence-electron chi connectivity index (χ3n) is 5.32. The van der Waals surface area contributed by atoms with E-state index in [1.165, 1.54) is 4.31 Å². The van der Waals surface area contributed by atoms with Crippen LogP contribution in [0.2, 0.25) is 0 Å². The maximum Gasteiger partial charge on any atom is 0.243 e. The second kappa shape index (κ2) is 9.54. The number of nitrogens with zero attached hydrogens (tertiary/aromatic N) is 2. The molecule has 2 aliphatic rings. The lowest BCUT2D eigenvalue weighted by Crippen LogP contribution is -2.60. The Balaban J connectivity index is 0.00000280. The van der Waals surface area contributed by atoms with Crippen LogP contribution in [0, 0.1) is 0 Å². The van der Waals surface area contributed by atoms with Crippen molar-refractivity contribution in [2.45, 2.75) is 43.7 Å². The number of ether oxygens (including phenoxy) is 1. The first-order valence-corrected chi connectivity index (χ1v) is 11.0. The van der Waals surface area contributed by atoms with Crippen molar-refractivity contribution in [3.63, 3.8) is 0 Å². The maximum atomic E-state index is 12.9. The van der Waals surface area contributed by atoms with E-state index in [2.05, 4.69) is 19.2 Å². The van der Waals surface area contributed by atoms with E-state index >= 15 is 0 Å². The van der Waals surface area contributed by atoms with Crippen molar-refractivity contribution in [3.05, 3.63) is 29.8 Å². The predicted molar refractivity (Wildman–Crippen MR) is 110 cm³/mol. The number of amides is 1. The zero-order valence-corrected chi connectivity index (χ0v) is 18.3. The Kier molecular flexibility index (Phi) is 7.87. The SMILES string of the molecule is CC(C)c1ccc(S(=O)(=O)N2CCN(C(=O)[C@H]3NCCO[C@@H]3C)CC2)cc1.Cl. The smallest absolute Gasteiger partial charge is 0.243 e. The van der Waals surface area contributed by atoms with Crippen LogP contribution in [0.25, 0.3) is 0 Å². The molecule has 7 nitrogen and oxygen atoms in total. The molecule has 0 unspecified atom stereocenters. The van der Waals surface area contributed by atoms with Gasteiger partial charge in [0.25, 0.3) is 0 Å². The van der Waals surface area contributed by atoms with Crippen molar-refractivity contribution in [1.29, 1.82) is 0 Å². The van der Waals surface area contributed by atoms with Gasteiger partial charge in [0.05, 0.1) is 17.6 Å². The number of halogens is 1. The summed E-state index contributed by atoms with van der Waals surface area (Å²) in [5, 5.41) is 3.20. The minimum absolute atomic E-state index is 0. The standard InChI is InChI=1S/C19H29N3O4S.ClH/c1-14(2)16-4-6-17(7-5-16)27(24,25)22-11-9-21(10-12-22)19(23)18-15(3)26-13-8-20-18;/h4-7,14-15,18,20H,8-13H2,1-3H3;1H/t15-,18+;/m1./s1. The third kappa shape index (κ3) is 4.86. The highest BCUT2D eigenvalue weighted by atomic mass is 35.5. The largest absolute Gasteiger partial charge is 0.375 e. The summed E-state index contributed by atoms with van der Waals surface area (Å²) < 4.78 is 32.8. The van der Waals surface area contributed by atoms with Gasteiger partial charge in [-0.1, -0.05) is 26.0 Å². The molecule has 0 aliphatic carbocycles. The first-order valence-electron chi connectivity index (χ1n) is 9.54. The van der Waals surface area contributed by atoms with E-state index in [0.29, 0.717) is 50.1 Å². The molecular formula is C19H30ClN3O4S. The van der Waals surface area contributed by atoms with Crippen molar-refractivity contribution in [2.24, 2.45) is 0 Å². The van der Waals surface area contributed by atoms with Crippen molar-refractivity contribution in [2.75, 3.05) is 39.3 Å². The summed E-state index contributed by atoms with van der Waals surface area (Å²) in [5.74, 6) is 0.344. The molecule has 28 heavy (non-hydrogen) atoms. The van der Waals surface area contributed by atoms with E-state index in [1.807, 2.05) is 19.1 Å². The van der Waals surface area contributed by atoms with E-state index in [-0.39, 0.29) is 30.5 Å². The molecule has 3 rings (SSSR count). The van der Waals surface area contributed by atoms with Gasteiger partial charge in [-0.15, -0.1) is 12.4 Å². The minimum Gasteiger partial charge on any atom is -0.375 e. The number of morpholine rings is 1. The van der Waals surface area contributed by atoms with E-state index in [0.717, 1.165) is 5.56 Å². The first kappa shape index (κ1) is 23.1. The van der Waals surface area contributed by atoms with Gasteiger partial charge in [0, 0.05) is 32.7 Å². The van der Waals surface area contributed by atoms with Gasteiger partial charge in [0.1, 0.15) is 6.04 Å². The van der Waals surface area contributed by atoms with Crippen molar-refractivity contribution < 1.29 is 17.9 Å². The van der Waals surface area contributed by atoms with Crippen LogP contribution in [-0.4, -0.2) is 75.0 Å². The van der Waals surface area contributed by atoms with Crippen LogP contribution in [-0.2, 0) is 19.6 Å². The number of carbonyl (C=O) groups excluding carboxylic acids is 1. The van der Waals surface area contributed by atoms with Gasteiger partial charge in [0.15, 0.2) is 0 Å². The van der Waals surface area contributed by atoms with Crippen LogP contribution in [0.5, 0.6) is 0 Å². The number of nitrogens with one attached hydrogen (secondary N) is 1. The van der Waals surface area contributed by atoms with E-state index in [1.54, 1.807) is 17.0 Å². The van der Waals surface area contributed by atoms with Gasteiger partial charge in [-0.2, -0.15) is 4.31 Å². The van der Waals surface area contributed by atoms with Crippen molar-refractivity contribution in [3.8, 4) is 0 Å². The summed E-state index contributed by atoms with van der Waals surface area (Å²) in [6.07, 6.45) is -0.174. The molecule has 0 bridgehead atoms. The van der Waals surface area contributed by atoms with Crippen LogP contribution in [0.3, 0.4) is 0 Å². The van der Waals surface area contributed by atoms with Gasteiger partial charge in [-0.25, -0.2) is 8.42 Å². The molecule has 2 aliphatic heterocycles. The lowest BCUT2D eigenvalue weighted by atomic mass is 10.0. The molecule has 0 aromatic heterocycles. The van der Waals surface area contributed by atoms with Crippen LogP contribution in [0.15, 0.2) is 29.2 Å². The molecule has 0 spiro atoms. The summed E-state index contributed by atoms with van der Waals surface area (Å²) in [7, 11) is -3.53. The monoisotopic (exact) mass is 431 g/mol. The fourth-order valence-electron chi connectivity index (χ4n) is 3.53. The molecule has 2 fully saturated rings. The summed E-state index contributed by atoms with van der Waals surface area (Å²) in [4.78, 5) is 14.7. The Morgan fingerprint density at radius 1 is 1.14 bits per heavy atom. The number of sulfonamides is 1. The molecule has 1 aromatic rings. The molecule has 2 atom stereocenters. The lowest BCUT2D eigenvalue weighted by Gasteiger charge is -2.38. The molecule has 1 aromatic carbocycles. The van der Waals surface area contributed by atoms with E-state index in [4.69, 9.17) is 4.74 Å². The number of rotatable bonds is 4. The zero-order valence-electron chi connectivity index (χ0n) is 16.6. The molecular weight excluding hydrogens is 402 g/mol. The van der Waals surface area contributed by atoms with Gasteiger partial charge in [0.2, 0.25) is 15.9 Å². The maximum absolute atomic E-state index is 12.9. The second-order valence-electron chi connectivity index (χ2n) is 7.46. The number of hydrogen-bond acceptors (Lipinski definition) is 5. The molecule has 9 heteroatoms. The molecule has 1 amide bonds. The number of piperazine rings is 1. The molecule has 1 N–H and O–H groups in total. The minimum atomic E-state index is -3.53. The summed E-state index contributed by atoms with van der Waals surface area (Å²) in [6, 6.07) is 6.73. The normalized spacial score (nSPS) is 24.1. The first-order chi connectivity index (χ1) is 12.8. The van der Waals surface area contributed by atoms with Crippen LogP contribution in [0.1, 0.15) is 32.3 Å². The average Bonchev–Trinajstić information content (AvgIpc) is 2.68. The zero-order chi connectivity index (χ0) is 19.6. The van der Waals surface area contributed by atoms with Gasteiger partial charge >= 0.3 is 0 Å². The molecule has 0 radical (unpaired) electrons. The lowest BCUT2D eigenvalue weighted by molar-refractivity contribution is -0.140. The Labute approximate surface area is 173 Å². The van der Waals surface area contributed by atoms with Gasteiger partial charge in [-0.3, -0.25) is 4.79 Å². The average molecular weight is 432 g/mol. The van der Waals surface area contributed by atoms with Crippen molar-refractivity contribution in [1.82, 2.24) is 14.5 Å². The fourth-order valence-corrected chi connectivity index (χ4v) is 4.95. The van der Waals surface area contributed by atoms with Crippen molar-refractivity contribution >= 4 is 28.3 Å². The molecule has 2 saturated heterocycles. The highest BCUT2D eigenvalue weighted by Crippen LogP contribution is 2.21. The quantitative estimate of drug-likeness (QED) is 0.780. The Bertz CT molecular complexity index is 762. The van der Waals surface area contributed by atoms with Crippen LogP contribution < -0.4 is 5.32 Å². The Morgan fingerprint density at radius 2 is 1.75 bits per heavy atom. The highest BCUT2D eigenvalue weighted by molar-refractivity contribution is 7.89. The number of hydrogen-bond donors (Lipinski definition) is 1. The third-order valence-corrected chi connectivity index (χ3v) is 7.23. The van der Waals surface area contributed by atoms with Crippen LogP contribution >= 0.6 is 12.4 Å². The Hall–Kier alpha value is -1.19. The fraction of sp³-hybridized carbons (Fsp3) is 0.632. The van der Waals surface area contributed by atoms with E-state index in [9.17, 15) is 13.2 Å². The predicted octanol–water partition coefficient (Wildman–Crippen LogP) is 1.44. The summed E-state index contributed by atoms with van der Waals surface area (Å²) >= 11 is 0. The van der Waals surface area contributed by atoms with E-state index < -0.39 is 10.0 Å². The topological polar surface area (TPSA) is 79.0 Å². The molecule has 2 heterocycles. The highest BCUT2D eigenvalue weighted by Gasteiger charge is 2.35. The van der Waals surface area contributed by atoms with Crippen LogP contribution in [0.4, 0.5) is 0 Å². The summed E-state index contributed by atoms with van der Waals surface area (Å²) in [6.45, 7) is 8.70. The van der Waals surface area contributed by atoms with Gasteiger partial charge in [-0.05, 0) is 30.5 Å². The Morgan fingerprint density at radius 3 is 2.29 bits per heavy atom. The summed E-state index contributed by atoms with van der Waals surface area (Å²) in [5.41, 5.74) is 1.11.